The van der Waals surface area contributed by atoms with Crippen molar-refractivity contribution in [3.05, 3.63) is 121 Å². The molecule has 0 aromatic heterocycles. The summed E-state index contributed by atoms with van der Waals surface area (Å²) in [5, 5.41) is 4.90. The molecule has 210 valence electrons. The quantitative estimate of drug-likeness (QED) is 0.158. The lowest BCUT2D eigenvalue weighted by Gasteiger charge is -2.22. The lowest BCUT2D eigenvalue weighted by atomic mass is 10.1. The van der Waals surface area contributed by atoms with Gasteiger partial charge in [-0.1, -0.05) is 91.0 Å². The first-order chi connectivity index (χ1) is 19.9. The third-order valence-corrected chi connectivity index (χ3v) is 8.50. The standard InChI is InChI=1S/C32H29FNO6P/c1-38-31(36)27(34-32(37)39-22-23-11-5-2-6-12-23)18-20-30(35)40-28-19-17-24(33)21-29(28)41(25-13-7-3-8-14-25)26-15-9-4-10-16-26/h2-17,19,21,27H,18,20,22H2,1H3,(H,34,37)/t27-/m0/s1. The monoisotopic (exact) mass is 573 g/mol. The van der Waals surface area contributed by atoms with Crippen LogP contribution in [0.5, 0.6) is 5.75 Å². The summed E-state index contributed by atoms with van der Waals surface area (Å²) >= 11 is 0. The molecule has 0 spiro atoms. The molecular weight excluding hydrogens is 544 g/mol. The number of methoxy groups -OCH3 is 1. The van der Waals surface area contributed by atoms with Crippen molar-refractivity contribution in [1.29, 1.82) is 0 Å². The maximum atomic E-state index is 14.5. The molecular formula is C32H29FNO6P. The average Bonchev–Trinajstić information content (AvgIpc) is 3.01. The summed E-state index contributed by atoms with van der Waals surface area (Å²) < 4.78 is 30.2. The lowest BCUT2D eigenvalue weighted by Crippen LogP contribution is -2.42. The summed E-state index contributed by atoms with van der Waals surface area (Å²) in [6.07, 6.45) is -1.13. The Labute approximate surface area is 239 Å². The van der Waals surface area contributed by atoms with Gasteiger partial charge in [-0.05, 0) is 48.7 Å². The number of hydrogen-bond acceptors (Lipinski definition) is 6. The number of amides is 1. The zero-order valence-corrected chi connectivity index (χ0v) is 23.3. The van der Waals surface area contributed by atoms with Crippen molar-refractivity contribution in [2.45, 2.75) is 25.5 Å². The number of nitrogens with one attached hydrogen (secondary N) is 1. The highest BCUT2D eigenvalue weighted by atomic mass is 31.1. The van der Waals surface area contributed by atoms with E-state index in [-0.39, 0.29) is 25.2 Å². The highest BCUT2D eigenvalue weighted by Crippen LogP contribution is 2.36. The number of benzene rings is 4. The molecule has 1 N–H and O–H groups in total. The zero-order chi connectivity index (χ0) is 29.0. The minimum atomic E-state index is -1.25. The van der Waals surface area contributed by atoms with E-state index in [9.17, 15) is 18.8 Å². The molecule has 0 heterocycles. The van der Waals surface area contributed by atoms with Crippen LogP contribution in [0.1, 0.15) is 18.4 Å². The van der Waals surface area contributed by atoms with Crippen LogP contribution < -0.4 is 26.0 Å². The van der Waals surface area contributed by atoms with Crippen molar-refractivity contribution >= 4 is 41.9 Å². The van der Waals surface area contributed by atoms with E-state index in [1.54, 1.807) is 12.1 Å². The molecule has 1 atom stereocenters. The van der Waals surface area contributed by atoms with E-state index in [0.29, 0.717) is 5.30 Å². The predicted molar refractivity (Wildman–Crippen MR) is 156 cm³/mol. The smallest absolute Gasteiger partial charge is 0.408 e. The summed E-state index contributed by atoms with van der Waals surface area (Å²) in [4.78, 5) is 37.6. The van der Waals surface area contributed by atoms with E-state index < -0.39 is 37.8 Å². The van der Waals surface area contributed by atoms with E-state index >= 15 is 0 Å². The number of carbonyl (C=O) groups is 3. The third kappa shape index (κ3) is 8.47. The van der Waals surface area contributed by atoms with Gasteiger partial charge in [0.05, 0.1) is 7.11 Å². The van der Waals surface area contributed by atoms with Crippen LogP contribution in [-0.2, 0) is 25.7 Å². The summed E-state index contributed by atoms with van der Waals surface area (Å²) in [5.74, 6) is -1.61. The van der Waals surface area contributed by atoms with Gasteiger partial charge in [0.25, 0.3) is 0 Å². The average molecular weight is 574 g/mol. The Bertz CT molecular complexity index is 1410. The number of hydrogen-bond donors (Lipinski definition) is 1. The van der Waals surface area contributed by atoms with Gasteiger partial charge in [-0.15, -0.1) is 0 Å². The largest absolute Gasteiger partial charge is 0.467 e. The van der Waals surface area contributed by atoms with Gasteiger partial charge in [-0.2, -0.15) is 0 Å². The molecule has 7 nitrogen and oxygen atoms in total. The second kappa shape index (κ2) is 14.7. The summed E-state index contributed by atoms with van der Waals surface area (Å²) in [5.41, 5.74) is 0.780. The van der Waals surface area contributed by atoms with Crippen molar-refractivity contribution in [2.24, 2.45) is 0 Å². The fourth-order valence-corrected chi connectivity index (χ4v) is 6.46. The van der Waals surface area contributed by atoms with Crippen LogP contribution in [0.25, 0.3) is 0 Å². The van der Waals surface area contributed by atoms with Crippen molar-refractivity contribution in [3.63, 3.8) is 0 Å². The Hall–Kier alpha value is -4.55. The zero-order valence-electron chi connectivity index (χ0n) is 22.4. The Morgan fingerprint density at radius 3 is 2.00 bits per heavy atom. The Morgan fingerprint density at radius 1 is 0.829 bits per heavy atom. The molecule has 9 heteroatoms. The fourth-order valence-electron chi connectivity index (χ4n) is 4.07. The molecule has 0 aliphatic rings. The van der Waals surface area contributed by atoms with Crippen LogP contribution in [0, 0.1) is 5.82 Å². The number of alkyl carbamates (subject to hydrolysis) is 1. The van der Waals surface area contributed by atoms with Crippen LogP contribution in [0.3, 0.4) is 0 Å². The summed E-state index contributed by atoms with van der Waals surface area (Å²) in [6, 6.07) is 31.2. The molecule has 1 amide bonds. The van der Waals surface area contributed by atoms with Crippen molar-refractivity contribution < 1.29 is 33.0 Å². The van der Waals surface area contributed by atoms with Gasteiger partial charge in [0, 0.05) is 11.7 Å². The summed E-state index contributed by atoms with van der Waals surface area (Å²) in [7, 11) is -0.0631. The van der Waals surface area contributed by atoms with Gasteiger partial charge < -0.3 is 19.5 Å². The van der Waals surface area contributed by atoms with E-state index in [1.165, 1.54) is 25.3 Å². The van der Waals surface area contributed by atoms with Crippen molar-refractivity contribution in [1.82, 2.24) is 5.32 Å². The van der Waals surface area contributed by atoms with Crippen LogP contribution in [0.4, 0.5) is 9.18 Å². The SMILES string of the molecule is COC(=O)[C@H](CCC(=O)Oc1ccc(F)cc1P(c1ccccc1)c1ccccc1)NC(=O)OCc1ccccc1. The highest BCUT2D eigenvalue weighted by Gasteiger charge is 2.26. The van der Waals surface area contributed by atoms with Gasteiger partial charge in [0.1, 0.15) is 24.2 Å². The summed E-state index contributed by atoms with van der Waals surface area (Å²) in [6.45, 7) is 0.0156. The second-order valence-corrected chi connectivity index (χ2v) is 11.1. The van der Waals surface area contributed by atoms with Gasteiger partial charge in [0.2, 0.25) is 0 Å². The number of rotatable bonds is 11. The third-order valence-electron chi connectivity index (χ3n) is 6.04. The van der Waals surface area contributed by atoms with Crippen molar-refractivity contribution in [3.8, 4) is 5.75 Å². The first-order valence-corrected chi connectivity index (χ1v) is 14.2. The number of esters is 2. The normalized spacial score (nSPS) is 11.4. The van der Waals surface area contributed by atoms with Gasteiger partial charge in [0.15, 0.2) is 0 Å². The maximum Gasteiger partial charge on any atom is 0.408 e. The van der Waals surface area contributed by atoms with E-state index in [4.69, 9.17) is 14.2 Å². The Morgan fingerprint density at radius 2 is 1.41 bits per heavy atom. The van der Waals surface area contributed by atoms with Crippen LogP contribution >= 0.6 is 7.92 Å². The fraction of sp³-hybridized carbons (Fsp3) is 0.156. The van der Waals surface area contributed by atoms with Crippen molar-refractivity contribution in [2.75, 3.05) is 7.11 Å². The van der Waals surface area contributed by atoms with E-state index in [2.05, 4.69) is 5.32 Å². The van der Waals surface area contributed by atoms with Gasteiger partial charge in [-0.25, -0.2) is 14.0 Å². The highest BCUT2D eigenvalue weighted by molar-refractivity contribution is 7.80. The molecule has 4 aromatic rings. The molecule has 4 rings (SSSR count). The first kappa shape index (κ1) is 29.4. The van der Waals surface area contributed by atoms with Crippen LogP contribution in [0.15, 0.2) is 109 Å². The van der Waals surface area contributed by atoms with Gasteiger partial charge >= 0.3 is 18.0 Å². The molecule has 41 heavy (non-hydrogen) atoms. The topological polar surface area (TPSA) is 90.9 Å². The molecule has 0 saturated carbocycles. The minimum Gasteiger partial charge on any atom is -0.467 e. The molecule has 0 unspecified atom stereocenters. The van der Waals surface area contributed by atoms with Crippen LogP contribution in [0.2, 0.25) is 0 Å². The van der Waals surface area contributed by atoms with E-state index in [1.807, 2.05) is 78.9 Å². The maximum absolute atomic E-state index is 14.5. The predicted octanol–water partition coefficient (Wildman–Crippen LogP) is 4.74. The number of halogens is 1. The molecule has 0 saturated heterocycles. The Balaban J connectivity index is 1.47. The molecule has 4 aromatic carbocycles. The molecule has 0 bridgehead atoms. The molecule has 0 aliphatic heterocycles. The Kier molecular flexibility index (Phi) is 10.6. The first-order valence-electron chi connectivity index (χ1n) is 12.9. The minimum absolute atomic E-state index is 0.0156. The lowest BCUT2D eigenvalue weighted by molar-refractivity contribution is -0.143. The molecule has 0 aliphatic carbocycles. The van der Waals surface area contributed by atoms with E-state index in [0.717, 1.165) is 16.2 Å². The van der Waals surface area contributed by atoms with Gasteiger partial charge in [-0.3, -0.25) is 4.79 Å². The number of ether oxygens (including phenoxy) is 3. The molecule has 0 fully saturated rings. The second-order valence-electron chi connectivity index (χ2n) is 8.91. The number of carbonyl (C=O) groups excluding carboxylic acids is 3. The van der Waals surface area contributed by atoms with Crippen LogP contribution in [-0.4, -0.2) is 31.2 Å². The molecule has 0 radical (unpaired) electrons.